The highest BCUT2D eigenvalue weighted by atomic mass is 32.2. The molecule has 0 aromatic heterocycles. The van der Waals surface area contributed by atoms with E-state index in [0.29, 0.717) is 11.8 Å². The minimum absolute atomic E-state index is 0.0505. The van der Waals surface area contributed by atoms with Gasteiger partial charge in [0, 0.05) is 18.0 Å². The lowest BCUT2D eigenvalue weighted by Gasteiger charge is -2.13. The van der Waals surface area contributed by atoms with Gasteiger partial charge in [0.1, 0.15) is 5.75 Å². The van der Waals surface area contributed by atoms with Crippen molar-refractivity contribution >= 4 is 21.6 Å². The van der Waals surface area contributed by atoms with Crippen LogP contribution >= 0.6 is 0 Å². The minimum atomic E-state index is -3.06. The van der Waals surface area contributed by atoms with Gasteiger partial charge in [-0.25, -0.2) is 13.2 Å². The molecule has 0 radical (unpaired) electrons. The van der Waals surface area contributed by atoms with Gasteiger partial charge in [0.2, 0.25) is 0 Å². The van der Waals surface area contributed by atoms with E-state index in [-0.39, 0.29) is 18.1 Å². The van der Waals surface area contributed by atoms with Crippen LogP contribution in [0.1, 0.15) is 32.6 Å². The first-order chi connectivity index (χ1) is 11.0. The van der Waals surface area contributed by atoms with Gasteiger partial charge >= 0.3 is 6.03 Å². The summed E-state index contributed by atoms with van der Waals surface area (Å²) >= 11 is 0. The van der Waals surface area contributed by atoms with Crippen molar-refractivity contribution < 1.29 is 17.9 Å². The smallest absolute Gasteiger partial charge is 0.319 e. The Morgan fingerprint density at radius 1 is 1.22 bits per heavy atom. The second kappa shape index (κ2) is 8.19. The summed E-state index contributed by atoms with van der Waals surface area (Å²) in [5, 5.41) is 5.20. The summed E-state index contributed by atoms with van der Waals surface area (Å²) in [6.07, 6.45) is 4.94. The molecule has 0 unspecified atom stereocenters. The molecule has 2 N–H and O–H groups in total. The fourth-order valence-electron chi connectivity index (χ4n) is 2.46. The van der Waals surface area contributed by atoms with Crippen LogP contribution in [0.25, 0.3) is 0 Å². The lowest BCUT2D eigenvalue weighted by Crippen LogP contribution is -2.33. The quantitative estimate of drug-likeness (QED) is 0.799. The summed E-state index contributed by atoms with van der Waals surface area (Å²) in [6.45, 7) is 1.69. The highest BCUT2D eigenvalue weighted by molar-refractivity contribution is 7.91. The molecule has 0 aliphatic heterocycles. The van der Waals surface area contributed by atoms with E-state index in [0.717, 1.165) is 18.6 Å². The molecule has 0 saturated heterocycles. The van der Waals surface area contributed by atoms with E-state index in [1.807, 2.05) is 12.1 Å². The molecule has 0 heterocycles. The van der Waals surface area contributed by atoms with Crippen LogP contribution in [0.4, 0.5) is 10.5 Å². The van der Waals surface area contributed by atoms with Gasteiger partial charge in [0.25, 0.3) is 0 Å². The van der Waals surface area contributed by atoms with Gasteiger partial charge in [-0.15, -0.1) is 0 Å². The Bertz CT molecular complexity index is 607. The predicted octanol–water partition coefficient (Wildman–Crippen LogP) is 2.56. The zero-order chi connectivity index (χ0) is 16.7. The molecule has 1 saturated carbocycles. The van der Waals surface area contributed by atoms with E-state index in [4.69, 9.17) is 4.74 Å². The molecule has 0 atom stereocenters. The van der Waals surface area contributed by atoms with Crippen LogP contribution in [0.2, 0.25) is 0 Å². The lowest BCUT2D eigenvalue weighted by molar-refractivity contribution is 0.210. The van der Waals surface area contributed by atoms with Crippen molar-refractivity contribution in [2.45, 2.75) is 38.7 Å². The first kappa shape index (κ1) is 17.6. The predicted molar refractivity (Wildman–Crippen MR) is 90.7 cm³/mol. The van der Waals surface area contributed by atoms with Gasteiger partial charge < -0.3 is 15.4 Å². The Balaban J connectivity index is 1.75. The summed E-state index contributed by atoms with van der Waals surface area (Å²) in [4.78, 5) is 11.7. The number of amides is 2. The molecule has 1 aromatic rings. The number of urea groups is 1. The molecular formula is C16H24N2O4S. The number of rotatable bonds is 7. The normalized spacial score (nSPS) is 15.3. The highest BCUT2D eigenvalue weighted by Crippen LogP contribution is 2.24. The van der Waals surface area contributed by atoms with Crippen LogP contribution in [0.3, 0.4) is 0 Å². The Labute approximate surface area is 137 Å². The molecule has 2 amide bonds. The molecule has 7 heteroatoms. The fraction of sp³-hybridized carbons (Fsp3) is 0.562. The molecule has 1 fully saturated rings. The molecule has 2 rings (SSSR count). The highest BCUT2D eigenvalue weighted by Gasteiger charge is 2.16. The van der Waals surface area contributed by atoms with Crippen molar-refractivity contribution in [2.75, 3.05) is 23.4 Å². The summed E-state index contributed by atoms with van der Waals surface area (Å²) in [6, 6.07) is 6.78. The summed E-state index contributed by atoms with van der Waals surface area (Å²) in [7, 11) is -3.06. The van der Waals surface area contributed by atoms with E-state index in [9.17, 15) is 13.2 Å². The van der Waals surface area contributed by atoms with Crippen molar-refractivity contribution in [3.63, 3.8) is 0 Å². The maximum atomic E-state index is 11.7. The SMILES string of the molecule is CCS(=O)(=O)CCNC(=O)Nc1ccc(OC2CCCC2)cc1. The summed E-state index contributed by atoms with van der Waals surface area (Å²) in [5.41, 5.74) is 0.639. The zero-order valence-corrected chi connectivity index (χ0v) is 14.2. The van der Waals surface area contributed by atoms with Crippen LogP contribution < -0.4 is 15.4 Å². The van der Waals surface area contributed by atoms with Crippen molar-refractivity contribution in [1.82, 2.24) is 5.32 Å². The average Bonchev–Trinajstić information content (AvgIpc) is 3.02. The van der Waals surface area contributed by atoms with Crippen molar-refractivity contribution in [3.8, 4) is 5.75 Å². The molecule has 1 aliphatic carbocycles. The number of benzene rings is 1. The van der Waals surface area contributed by atoms with E-state index < -0.39 is 15.9 Å². The van der Waals surface area contributed by atoms with Gasteiger partial charge in [-0.05, 0) is 49.9 Å². The molecule has 0 bridgehead atoms. The number of carbonyl (C=O) groups is 1. The van der Waals surface area contributed by atoms with Gasteiger partial charge in [-0.3, -0.25) is 0 Å². The summed E-state index contributed by atoms with van der Waals surface area (Å²) < 4.78 is 28.5. The largest absolute Gasteiger partial charge is 0.490 e. The van der Waals surface area contributed by atoms with E-state index in [1.165, 1.54) is 12.8 Å². The molecule has 0 spiro atoms. The third-order valence-corrected chi connectivity index (χ3v) is 5.56. The second-order valence-electron chi connectivity index (χ2n) is 5.67. The maximum Gasteiger partial charge on any atom is 0.319 e. The van der Waals surface area contributed by atoms with Gasteiger partial charge in [-0.2, -0.15) is 0 Å². The number of hydrogen-bond donors (Lipinski definition) is 2. The van der Waals surface area contributed by atoms with Crippen molar-refractivity contribution in [1.29, 1.82) is 0 Å². The number of anilines is 1. The van der Waals surface area contributed by atoms with E-state index in [1.54, 1.807) is 19.1 Å². The number of nitrogens with one attached hydrogen (secondary N) is 2. The van der Waals surface area contributed by atoms with Gasteiger partial charge in [0.15, 0.2) is 9.84 Å². The van der Waals surface area contributed by atoms with Crippen LogP contribution in [0, 0.1) is 0 Å². The Hall–Kier alpha value is -1.76. The molecule has 1 aromatic carbocycles. The average molecular weight is 340 g/mol. The topological polar surface area (TPSA) is 84.5 Å². The molecule has 6 nitrogen and oxygen atoms in total. The molecule has 23 heavy (non-hydrogen) atoms. The van der Waals surface area contributed by atoms with Crippen LogP contribution in [0.15, 0.2) is 24.3 Å². The zero-order valence-electron chi connectivity index (χ0n) is 13.4. The van der Waals surface area contributed by atoms with E-state index in [2.05, 4.69) is 10.6 Å². The van der Waals surface area contributed by atoms with Crippen molar-refractivity contribution in [3.05, 3.63) is 24.3 Å². The molecular weight excluding hydrogens is 316 g/mol. The maximum absolute atomic E-state index is 11.7. The van der Waals surface area contributed by atoms with Gasteiger partial charge in [0.05, 0.1) is 11.9 Å². The van der Waals surface area contributed by atoms with Crippen LogP contribution in [-0.2, 0) is 9.84 Å². The second-order valence-corrected chi connectivity index (χ2v) is 8.14. The lowest BCUT2D eigenvalue weighted by atomic mass is 10.3. The summed E-state index contributed by atoms with van der Waals surface area (Å²) in [5.74, 6) is 0.834. The monoisotopic (exact) mass is 340 g/mol. The number of hydrogen-bond acceptors (Lipinski definition) is 4. The van der Waals surface area contributed by atoms with Gasteiger partial charge in [-0.1, -0.05) is 6.92 Å². The molecule has 128 valence electrons. The fourth-order valence-corrected chi connectivity index (χ4v) is 3.16. The standard InChI is InChI=1S/C16H24N2O4S/c1-2-23(20,21)12-11-17-16(19)18-13-7-9-15(10-8-13)22-14-5-3-4-6-14/h7-10,14H,2-6,11-12H2,1H3,(H2,17,18,19). The first-order valence-corrected chi connectivity index (χ1v) is 9.82. The Morgan fingerprint density at radius 2 is 1.87 bits per heavy atom. The Morgan fingerprint density at radius 3 is 2.48 bits per heavy atom. The number of carbonyl (C=O) groups excluding carboxylic acids is 1. The third-order valence-electron chi connectivity index (χ3n) is 3.86. The van der Waals surface area contributed by atoms with Crippen LogP contribution in [-0.4, -0.2) is 38.6 Å². The van der Waals surface area contributed by atoms with Crippen LogP contribution in [0.5, 0.6) is 5.75 Å². The Kier molecular flexibility index (Phi) is 6.27. The third kappa shape index (κ3) is 6.09. The minimum Gasteiger partial charge on any atom is -0.490 e. The van der Waals surface area contributed by atoms with Crippen molar-refractivity contribution in [2.24, 2.45) is 0 Å². The first-order valence-electron chi connectivity index (χ1n) is 8.00. The number of ether oxygens (including phenoxy) is 1. The van der Waals surface area contributed by atoms with E-state index >= 15 is 0 Å². The number of sulfone groups is 1. The molecule has 1 aliphatic rings.